The average molecular weight is 234 g/mol. The fraction of sp³-hybridized carbons (Fsp3) is 0.364. The molecule has 2 aromatic heterocycles. The van der Waals surface area contributed by atoms with Crippen LogP contribution in [0.15, 0.2) is 18.5 Å². The lowest BCUT2D eigenvalue weighted by Crippen LogP contribution is -2.13. The topological polar surface area (TPSA) is 68.5 Å². The van der Waals surface area contributed by atoms with E-state index in [-0.39, 0.29) is 6.10 Å². The number of nitrogens with zero attached hydrogens (tertiary/aromatic N) is 3. The molecule has 0 amide bonds. The summed E-state index contributed by atoms with van der Waals surface area (Å²) >= 11 is 0. The SMILES string of the molecule is CNc1nn2cccnc2c1C(=O)OC(C)C. The molecule has 0 spiro atoms. The number of ether oxygens (including phenoxy) is 1. The van der Waals surface area contributed by atoms with Gasteiger partial charge >= 0.3 is 5.97 Å². The molecule has 0 saturated heterocycles. The zero-order valence-electron chi connectivity index (χ0n) is 9.97. The predicted molar refractivity (Wildman–Crippen MR) is 63.1 cm³/mol. The van der Waals surface area contributed by atoms with Gasteiger partial charge in [0.25, 0.3) is 0 Å². The summed E-state index contributed by atoms with van der Waals surface area (Å²) in [6.07, 6.45) is 3.17. The second-order valence-electron chi connectivity index (χ2n) is 3.82. The van der Waals surface area contributed by atoms with Gasteiger partial charge in [-0.05, 0) is 19.9 Å². The van der Waals surface area contributed by atoms with Crippen LogP contribution >= 0.6 is 0 Å². The Morgan fingerprint density at radius 1 is 1.53 bits per heavy atom. The summed E-state index contributed by atoms with van der Waals surface area (Å²) in [6.45, 7) is 3.60. The minimum absolute atomic E-state index is 0.175. The molecule has 6 nitrogen and oxygen atoms in total. The van der Waals surface area contributed by atoms with E-state index in [4.69, 9.17) is 4.74 Å². The Bertz CT molecular complexity index is 547. The van der Waals surface area contributed by atoms with Crippen molar-refractivity contribution in [2.24, 2.45) is 0 Å². The first-order valence-electron chi connectivity index (χ1n) is 5.35. The second-order valence-corrected chi connectivity index (χ2v) is 3.82. The Morgan fingerprint density at radius 2 is 2.29 bits per heavy atom. The molecule has 0 aromatic carbocycles. The zero-order chi connectivity index (χ0) is 12.4. The highest BCUT2D eigenvalue weighted by Gasteiger charge is 2.22. The van der Waals surface area contributed by atoms with Gasteiger partial charge in [0.15, 0.2) is 11.5 Å². The highest BCUT2D eigenvalue weighted by molar-refractivity contribution is 6.01. The minimum atomic E-state index is -0.418. The first-order valence-corrected chi connectivity index (χ1v) is 5.35. The van der Waals surface area contributed by atoms with Crippen LogP contribution in [0, 0.1) is 0 Å². The Balaban J connectivity index is 2.53. The van der Waals surface area contributed by atoms with Gasteiger partial charge in [-0.2, -0.15) is 0 Å². The van der Waals surface area contributed by atoms with Crippen LogP contribution in [0.1, 0.15) is 24.2 Å². The number of carbonyl (C=O) groups is 1. The zero-order valence-corrected chi connectivity index (χ0v) is 9.97. The molecule has 0 aliphatic heterocycles. The lowest BCUT2D eigenvalue weighted by molar-refractivity contribution is 0.0381. The van der Waals surface area contributed by atoms with Crippen molar-refractivity contribution in [1.29, 1.82) is 0 Å². The molecule has 1 N–H and O–H groups in total. The molecule has 90 valence electrons. The van der Waals surface area contributed by atoms with Crippen LogP contribution in [0.5, 0.6) is 0 Å². The molecule has 2 rings (SSSR count). The maximum Gasteiger partial charge on any atom is 0.346 e. The highest BCUT2D eigenvalue weighted by Crippen LogP contribution is 2.19. The van der Waals surface area contributed by atoms with Gasteiger partial charge in [0, 0.05) is 19.4 Å². The molecular formula is C11H14N4O2. The van der Waals surface area contributed by atoms with Crippen molar-refractivity contribution in [2.45, 2.75) is 20.0 Å². The number of hydrogen-bond acceptors (Lipinski definition) is 5. The molecule has 0 saturated carbocycles. The van der Waals surface area contributed by atoms with Crippen molar-refractivity contribution in [2.75, 3.05) is 12.4 Å². The monoisotopic (exact) mass is 234 g/mol. The number of aromatic nitrogens is 3. The molecule has 0 bridgehead atoms. The molecule has 0 unspecified atom stereocenters. The van der Waals surface area contributed by atoms with Crippen LogP contribution in [0.3, 0.4) is 0 Å². The van der Waals surface area contributed by atoms with Gasteiger partial charge in [0.1, 0.15) is 5.56 Å². The molecule has 6 heteroatoms. The van der Waals surface area contributed by atoms with Crippen LogP contribution in [0.25, 0.3) is 5.65 Å². The van der Waals surface area contributed by atoms with E-state index < -0.39 is 5.97 Å². The van der Waals surface area contributed by atoms with E-state index in [1.165, 1.54) is 0 Å². The molecule has 2 heterocycles. The summed E-state index contributed by atoms with van der Waals surface area (Å²) in [6, 6.07) is 1.75. The minimum Gasteiger partial charge on any atom is -0.459 e. The largest absolute Gasteiger partial charge is 0.459 e. The van der Waals surface area contributed by atoms with Crippen molar-refractivity contribution in [3.8, 4) is 0 Å². The number of rotatable bonds is 3. The Hall–Kier alpha value is -2.11. The lowest BCUT2D eigenvalue weighted by Gasteiger charge is -2.07. The van der Waals surface area contributed by atoms with E-state index in [1.807, 2.05) is 0 Å². The Morgan fingerprint density at radius 3 is 2.94 bits per heavy atom. The normalized spacial score (nSPS) is 10.8. The fourth-order valence-electron chi connectivity index (χ4n) is 1.52. The van der Waals surface area contributed by atoms with Gasteiger partial charge in [-0.25, -0.2) is 14.3 Å². The average Bonchev–Trinajstić information content (AvgIpc) is 2.66. The van der Waals surface area contributed by atoms with E-state index in [1.54, 1.807) is 43.9 Å². The molecular weight excluding hydrogens is 220 g/mol. The fourth-order valence-corrected chi connectivity index (χ4v) is 1.52. The molecule has 0 aliphatic rings. The van der Waals surface area contributed by atoms with Crippen LogP contribution in [-0.2, 0) is 4.74 Å². The summed E-state index contributed by atoms with van der Waals surface area (Å²) < 4.78 is 6.72. The number of fused-ring (bicyclic) bond motifs is 1. The third-order valence-corrected chi connectivity index (χ3v) is 2.18. The summed E-state index contributed by atoms with van der Waals surface area (Å²) in [7, 11) is 1.70. The number of anilines is 1. The molecule has 2 aromatic rings. The summed E-state index contributed by atoms with van der Waals surface area (Å²) in [4.78, 5) is 16.1. The first kappa shape index (κ1) is 11.4. The van der Waals surface area contributed by atoms with Crippen molar-refractivity contribution in [3.05, 3.63) is 24.0 Å². The van der Waals surface area contributed by atoms with Crippen LogP contribution in [0.2, 0.25) is 0 Å². The predicted octanol–water partition coefficient (Wildman–Crippen LogP) is 1.34. The van der Waals surface area contributed by atoms with Crippen LogP contribution in [0.4, 0.5) is 5.82 Å². The Kier molecular flexibility index (Phi) is 2.95. The highest BCUT2D eigenvalue weighted by atomic mass is 16.5. The van der Waals surface area contributed by atoms with Gasteiger partial charge in [-0.15, -0.1) is 5.10 Å². The molecule has 0 atom stereocenters. The Labute approximate surface area is 98.6 Å². The van der Waals surface area contributed by atoms with Gasteiger partial charge in [-0.3, -0.25) is 0 Å². The summed E-state index contributed by atoms with van der Waals surface area (Å²) in [5, 5.41) is 7.07. The molecule has 0 fully saturated rings. The molecule has 0 aliphatic carbocycles. The van der Waals surface area contributed by atoms with Gasteiger partial charge < -0.3 is 10.1 Å². The lowest BCUT2D eigenvalue weighted by atomic mass is 10.3. The quantitative estimate of drug-likeness (QED) is 0.811. The number of nitrogens with one attached hydrogen (secondary N) is 1. The summed E-state index contributed by atoms with van der Waals surface area (Å²) in [5.74, 6) is 0.0485. The number of carbonyl (C=O) groups excluding carboxylic acids is 1. The number of esters is 1. The standard InChI is InChI=1S/C11H14N4O2/c1-7(2)17-11(16)8-9(12-3)14-15-6-4-5-13-10(8)15/h4-7H,1-3H3,(H,12,14). The van der Waals surface area contributed by atoms with E-state index >= 15 is 0 Å². The van der Waals surface area contributed by atoms with E-state index in [2.05, 4.69) is 15.4 Å². The second kappa shape index (κ2) is 4.40. The maximum atomic E-state index is 12.0. The van der Waals surface area contributed by atoms with Crippen molar-refractivity contribution in [1.82, 2.24) is 14.6 Å². The summed E-state index contributed by atoms with van der Waals surface area (Å²) in [5.41, 5.74) is 0.851. The first-order chi connectivity index (χ1) is 8.13. The van der Waals surface area contributed by atoms with Crippen molar-refractivity contribution in [3.63, 3.8) is 0 Å². The van der Waals surface area contributed by atoms with Crippen LogP contribution in [-0.4, -0.2) is 33.7 Å². The maximum absolute atomic E-state index is 12.0. The van der Waals surface area contributed by atoms with Crippen LogP contribution < -0.4 is 5.32 Å². The van der Waals surface area contributed by atoms with Gasteiger partial charge in [-0.1, -0.05) is 0 Å². The van der Waals surface area contributed by atoms with Gasteiger partial charge in [0.05, 0.1) is 6.10 Å². The van der Waals surface area contributed by atoms with E-state index in [0.29, 0.717) is 17.0 Å². The number of hydrogen-bond donors (Lipinski definition) is 1. The third kappa shape index (κ3) is 2.06. The third-order valence-electron chi connectivity index (χ3n) is 2.18. The van der Waals surface area contributed by atoms with Gasteiger partial charge in [0.2, 0.25) is 0 Å². The van der Waals surface area contributed by atoms with Crippen molar-refractivity contribution < 1.29 is 9.53 Å². The molecule has 0 radical (unpaired) electrons. The van der Waals surface area contributed by atoms with E-state index in [9.17, 15) is 4.79 Å². The van der Waals surface area contributed by atoms with E-state index in [0.717, 1.165) is 0 Å². The van der Waals surface area contributed by atoms with Crippen molar-refractivity contribution >= 4 is 17.4 Å². The molecule has 17 heavy (non-hydrogen) atoms. The smallest absolute Gasteiger partial charge is 0.346 e.